The molecule has 1 aromatic heterocycles. The Kier molecular flexibility index (Phi) is 6.83. The van der Waals surface area contributed by atoms with Crippen LogP contribution >= 0.6 is 11.3 Å². The SMILES string of the molecule is COc1ccc(S(=O)(=O)N2CCC[C@H](C(=O)NCC(=O)Nc3nccs3)C2)cc1. The number of rotatable bonds is 7. The third-order valence-electron chi connectivity index (χ3n) is 4.55. The number of sulfonamides is 1. The van der Waals surface area contributed by atoms with Crippen LogP contribution in [0, 0.1) is 5.92 Å². The van der Waals surface area contributed by atoms with E-state index in [1.54, 1.807) is 23.7 Å². The summed E-state index contributed by atoms with van der Waals surface area (Å²) in [6.07, 6.45) is 2.70. The zero-order valence-corrected chi connectivity index (χ0v) is 17.5. The number of nitrogens with one attached hydrogen (secondary N) is 2. The lowest BCUT2D eigenvalue weighted by Crippen LogP contribution is -2.46. The zero-order chi connectivity index (χ0) is 20.9. The fourth-order valence-corrected chi connectivity index (χ4v) is 5.10. The average molecular weight is 439 g/mol. The standard InChI is InChI=1S/C18H22N4O5S2/c1-27-14-4-6-15(7-5-14)29(25,26)22-9-2-3-13(12-22)17(24)20-11-16(23)21-18-19-8-10-28-18/h4-8,10,13H,2-3,9,11-12H2,1H3,(H,20,24)(H,19,21,23)/t13-/m0/s1. The van der Waals surface area contributed by atoms with Gasteiger partial charge in [0.25, 0.3) is 0 Å². The molecule has 1 aliphatic rings. The molecular weight excluding hydrogens is 416 g/mol. The Balaban J connectivity index is 1.57. The van der Waals surface area contributed by atoms with E-state index in [0.717, 1.165) is 0 Å². The smallest absolute Gasteiger partial charge is 0.245 e. The summed E-state index contributed by atoms with van der Waals surface area (Å²) in [6.45, 7) is 0.233. The normalized spacial score (nSPS) is 17.5. The average Bonchev–Trinajstić information content (AvgIpc) is 3.25. The number of carbonyl (C=O) groups is 2. The molecule has 0 aliphatic carbocycles. The molecule has 3 rings (SSSR count). The molecule has 2 amide bonds. The van der Waals surface area contributed by atoms with Crippen LogP contribution < -0.4 is 15.4 Å². The van der Waals surface area contributed by atoms with Gasteiger partial charge < -0.3 is 15.4 Å². The van der Waals surface area contributed by atoms with Crippen molar-refractivity contribution in [3.05, 3.63) is 35.8 Å². The van der Waals surface area contributed by atoms with Gasteiger partial charge in [0.1, 0.15) is 5.75 Å². The van der Waals surface area contributed by atoms with Crippen molar-refractivity contribution in [1.82, 2.24) is 14.6 Å². The van der Waals surface area contributed by atoms with Gasteiger partial charge in [-0.2, -0.15) is 4.31 Å². The molecule has 0 radical (unpaired) electrons. The van der Waals surface area contributed by atoms with Crippen LogP contribution in [0.2, 0.25) is 0 Å². The summed E-state index contributed by atoms with van der Waals surface area (Å²) >= 11 is 1.28. The maximum absolute atomic E-state index is 12.9. The lowest BCUT2D eigenvalue weighted by atomic mass is 9.99. The van der Waals surface area contributed by atoms with Crippen molar-refractivity contribution >= 4 is 38.3 Å². The monoisotopic (exact) mass is 438 g/mol. The molecule has 1 aromatic carbocycles. The van der Waals surface area contributed by atoms with Gasteiger partial charge in [0.15, 0.2) is 5.13 Å². The molecule has 1 aliphatic heterocycles. The Morgan fingerprint density at radius 1 is 1.31 bits per heavy atom. The van der Waals surface area contributed by atoms with Crippen molar-refractivity contribution in [2.75, 3.05) is 32.1 Å². The number of hydrogen-bond acceptors (Lipinski definition) is 7. The summed E-state index contributed by atoms with van der Waals surface area (Å²) in [7, 11) is -2.20. The predicted molar refractivity (Wildman–Crippen MR) is 108 cm³/mol. The molecule has 1 atom stereocenters. The Morgan fingerprint density at radius 3 is 2.72 bits per heavy atom. The summed E-state index contributed by atoms with van der Waals surface area (Å²) in [4.78, 5) is 28.4. The number of amides is 2. The molecular formula is C18H22N4O5S2. The molecule has 1 saturated heterocycles. The van der Waals surface area contributed by atoms with E-state index in [1.165, 1.54) is 34.9 Å². The quantitative estimate of drug-likeness (QED) is 0.673. The minimum Gasteiger partial charge on any atom is -0.497 e. The van der Waals surface area contributed by atoms with E-state index in [0.29, 0.717) is 30.3 Å². The lowest BCUT2D eigenvalue weighted by molar-refractivity contribution is -0.128. The number of piperidine rings is 1. The Bertz CT molecular complexity index is 945. The van der Waals surface area contributed by atoms with Crippen LogP contribution in [0.15, 0.2) is 40.7 Å². The topological polar surface area (TPSA) is 118 Å². The van der Waals surface area contributed by atoms with Crippen molar-refractivity contribution in [2.45, 2.75) is 17.7 Å². The fraction of sp³-hybridized carbons (Fsp3) is 0.389. The molecule has 9 nitrogen and oxygen atoms in total. The van der Waals surface area contributed by atoms with E-state index in [2.05, 4.69) is 15.6 Å². The highest BCUT2D eigenvalue weighted by Gasteiger charge is 2.33. The van der Waals surface area contributed by atoms with Gasteiger partial charge in [-0.3, -0.25) is 9.59 Å². The first kappa shape index (κ1) is 21.2. The van der Waals surface area contributed by atoms with Gasteiger partial charge in [0, 0.05) is 24.7 Å². The minimum atomic E-state index is -3.71. The van der Waals surface area contributed by atoms with Crippen molar-refractivity contribution in [3.8, 4) is 5.75 Å². The van der Waals surface area contributed by atoms with E-state index in [-0.39, 0.29) is 29.8 Å². The minimum absolute atomic E-state index is 0.0777. The first-order chi connectivity index (χ1) is 13.9. The molecule has 2 heterocycles. The molecule has 0 spiro atoms. The molecule has 29 heavy (non-hydrogen) atoms. The molecule has 1 fully saturated rings. The number of methoxy groups -OCH3 is 1. The molecule has 11 heteroatoms. The third-order valence-corrected chi connectivity index (χ3v) is 7.12. The van der Waals surface area contributed by atoms with Gasteiger partial charge in [-0.15, -0.1) is 11.3 Å². The predicted octanol–water partition coefficient (Wildman–Crippen LogP) is 1.31. The number of carbonyl (C=O) groups excluding carboxylic acids is 2. The zero-order valence-electron chi connectivity index (χ0n) is 15.8. The highest BCUT2D eigenvalue weighted by Crippen LogP contribution is 2.25. The summed E-state index contributed by atoms with van der Waals surface area (Å²) in [6, 6.07) is 6.14. The lowest BCUT2D eigenvalue weighted by Gasteiger charge is -2.31. The van der Waals surface area contributed by atoms with E-state index in [4.69, 9.17) is 4.74 Å². The van der Waals surface area contributed by atoms with Crippen LogP contribution in [-0.2, 0) is 19.6 Å². The maximum Gasteiger partial charge on any atom is 0.245 e. The molecule has 2 N–H and O–H groups in total. The van der Waals surface area contributed by atoms with E-state index >= 15 is 0 Å². The Hall–Kier alpha value is -2.50. The van der Waals surface area contributed by atoms with Crippen molar-refractivity contribution in [3.63, 3.8) is 0 Å². The summed E-state index contributed by atoms with van der Waals surface area (Å²) in [5, 5.41) is 7.35. The molecule has 0 bridgehead atoms. The van der Waals surface area contributed by atoms with Crippen molar-refractivity contribution in [1.29, 1.82) is 0 Å². The molecule has 0 saturated carbocycles. The van der Waals surface area contributed by atoms with Crippen LogP contribution in [-0.4, -0.2) is 56.3 Å². The number of hydrogen-bond donors (Lipinski definition) is 2. The van der Waals surface area contributed by atoms with Gasteiger partial charge in [-0.05, 0) is 37.1 Å². The van der Waals surface area contributed by atoms with Crippen LogP contribution in [0.3, 0.4) is 0 Å². The Morgan fingerprint density at radius 2 is 2.07 bits per heavy atom. The molecule has 156 valence electrons. The first-order valence-corrected chi connectivity index (χ1v) is 11.3. The second-order valence-electron chi connectivity index (χ2n) is 6.48. The van der Waals surface area contributed by atoms with Gasteiger partial charge in [0.2, 0.25) is 21.8 Å². The number of aromatic nitrogens is 1. The van der Waals surface area contributed by atoms with Gasteiger partial charge in [0.05, 0.1) is 24.5 Å². The fourth-order valence-electron chi connectivity index (χ4n) is 3.03. The van der Waals surface area contributed by atoms with Crippen LogP contribution in [0.5, 0.6) is 5.75 Å². The molecule has 2 aromatic rings. The highest BCUT2D eigenvalue weighted by atomic mass is 32.2. The number of ether oxygens (including phenoxy) is 1. The van der Waals surface area contributed by atoms with Crippen LogP contribution in [0.25, 0.3) is 0 Å². The van der Waals surface area contributed by atoms with Gasteiger partial charge >= 0.3 is 0 Å². The van der Waals surface area contributed by atoms with Gasteiger partial charge in [-0.25, -0.2) is 13.4 Å². The number of benzene rings is 1. The van der Waals surface area contributed by atoms with Crippen LogP contribution in [0.1, 0.15) is 12.8 Å². The van der Waals surface area contributed by atoms with E-state index in [1.807, 2.05) is 0 Å². The van der Waals surface area contributed by atoms with Crippen molar-refractivity contribution in [2.24, 2.45) is 5.92 Å². The summed E-state index contributed by atoms with van der Waals surface area (Å²) in [5.74, 6) is -0.666. The van der Waals surface area contributed by atoms with E-state index < -0.39 is 15.9 Å². The summed E-state index contributed by atoms with van der Waals surface area (Å²) < 4.78 is 32.1. The largest absolute Gasteiger partial charge is 0.497 e. The van der Waals surface area contributed by atoms with Crippen LogP contribution in [0.4, 0.5) is 5.13 Å². The first-order valence-electron chi connectivity index (χ1n) is 9.01. The maximum atomic E-state index is 12.9. The third kappa shape index (κ3) is 5.31. The number of thiazole rings is 1. The Labute approximate surface area is 173 Å². The second kappa shape index (κ2) is 9.33. The highest BCUT2D eigenvalue weighted by molar-refractivity contribution is 7.89. The second-order valence-corrected chi connectivity index (χ2v) is 9.31. The number of anilines is 1. The van der Waals surface area contributed by atoms with Gasteiger partial charge in [-0.1, -0.05) is 0 Å². The number of nitrogens with zero attached hydrogens (tertiary/aromatic N) is 2. The van der Waals surface area contributed by atoms with Crippen molar-refractivity contribution < 1.29 is 22.7 Å². The molecule has 0 unspecified atom stereocenters. The summed E-state index contributed by atoms with van der Waals surface area (Å²) in [5.41, 5.74) is 0. The van der Waals surface area contributed by atoms with E-state index in [9.17, 15) is 18.0 Å².